The quantitative estimate of drug-likeness (QED) is 0.348. The number of fused-ring (bicyclic) bond motifs is 1. The first-order valence-electron chi connectivity index (χ1n) is 10.7. The Morgan fingerprint density at radius 1 is 1.25 bits per heavy atom. The number of aryl methyl sites for hydroxylation is 1. The predicted molar refractivity (Wildman–Crippen MR) is 133 cm³/mol. The van der Waals surface area contributed by atoms with Crippen molar-refractivity contribution >= 4 is 40.9 Å². The highest BCUT2D eigenvalue weighted by Gasteiger charge is 2.22. The number of nitrogens with zero attached hydrogens (tertiary/aromatic N) is 4. The van der Waals surface area contributed by atoms with Crippen LogP contribution in [0.4, 0.5) is 11.5 Å². The maximum Gasteiger partial charge on any atom is 0.246 e. The average Bonchev–Trinajstić information content (AvgIpc) is 3.23. The fourth-order valence-corrected chi connectivity index (χ4v) is 4.20. The van der Waals surface area contributed by atoms with E-state index in [2.05, 4.69) is 16.5 Å². The van der Waals surface area contributed by atoms with E-state index in [0.29, 0.717) is 42.5 Å². The van der Waals surface area contributed by atoms with Crippen LogP contribution in [0.25, 0.3) is 16.8 Å². The molecule has 1 aliphatic rings. The number of pyridine rings is 1. The second-order valence-corrected chi connectivity index (χ2v) is 7.71. The van der Waals surface area contributed by atoms with Gasteiger partial charge in [-0.15, -0.1) is 0 Å². The lowest BCUT2D eigenvalue weighted by molar-refractivity contribution is -0.126. The molecule has 1 amide bonds. The third kappa shape index (κ3) is 4.21. The number of piperazine rings is 1. The smallest absolute Gasteiger partial charge is 0.246 e. The Morgan fingerprint density at radius 2 is 1.94 bits per heavy atom. The summed E-state index contributed by atoms with van der Waals surface area (Å²) < 4.78 is 1.96. The SMILES string of the molecule is C=CC(=O)N1CCN(c2cnc3cc(-c4c(C)ccc(N)c4C=N)c(Cl)cn23)CC1.CC. The molecular weight excluding hydrogens is 424 g/mol. The van der Waals surface area contributed by atoms with E-state index < -0.39 is 0 Å². The molecule has 2 aromatic heterocycles. The molecule has 32 heavy (non-hydrogen) atoms. The highest BCUT2D eigenvalue weighted by Crippen LogP contribution is 2.36. The fourth-order valence-electron chi connectivity index (χ4n) is 3.95. The van der Waals surface area contributed by atoms with E-state index in [9.17, 15) is 4.79 Å². The van der Waals surface area contributed by atoms with Gasteiger partial charge in [0.05, 0.1) is 11.2 Å². The number of rotatable bonds is 4. The molecule has 168 valence electrons. The number of nitrogen functional groups attached to an aromatic ring is 1. The van der Waals surface area contributed by atoms with E-state index in [4.69, 9.17) is 22.7 Å². The van der Waals surface area contributed by atoms with E-state index >= 15 is 0 Å². The van der Waals surface area contributed by atoms with Crippen molar-refractivity contribution in [3.8, 4) is 11.1 Å². The van der Waals surface area contributed by atoms with Gasteiger partial charge in [-0.1, -0.05) is 38.1 Å². The van der Waals surface area contributed by atoms with Crippen molar-refractivity contribution in [1.82, 2.24) is 14.3 Å². The zero-order chi connectivity index (χ0) is 23.4. The molecule has 0 radical (unpaired) electrons. The average molecular weight is 453 g/mol. The van der Waals surface area contributed by atoms with E-state index in [1.54, 1.807) is 11.0 Å². The topological polar surface area (TPSA) is 90.7 Å². The van der Waals surface area contributed by atoms with Crippen LogP contribution in [0, 0.1) is 12.3 Å². The molecule has 0 unspecified atom stereocenters. The Balaban J connectivity index is 0.00000141. The molecule has 1 saturated heterocycles. The van der Waals surface area contributed by atoms with Crippen LogP contribution in [0.15, 0.2) is 43.2 Å². The van der Waals surface area contributed by atoms with Gasteiger partial charge in [-0.2, -0.15) is 0 Å². The number of amides is 1. The van der Waals surface area contributed by atoms with Crippen molar-refractivity contribution in [2.24, 2.45) is 0 Å². The first-order valence-corrected chi connectivity index (χ1v) is 11.0. The van der Waals surface area contributed by atoms with Crippen LogP contribution in [-0.4, -0.2) is 52.6 Å². The summed E-state index contributed by atoms with van der Waals surface area (Å²) in [5.74, 6) is 0.890. The third-order valence-corrected chi connectivity index (χ3v) is 5.87. The highest BCUT2D eigenvalue weighted by molar-refractivity contribution is 6.33. The van der Waals surface area contributed by atoms with Crippen molar-refractivity contribution in [2.75, 3.05) is 36.8 Å². The highest BCUT2D eigenvalue weighted by atomic mass is 35.5. The molecule has 1 fully saturated rings. The summed E-state index contributed by atoms with van der Waals surface area (Å²) in [6, 6.07) is 5.66. The Labute approximate surface area is 193 Å². The van der Waals surface area contributed by atoms with Gasteiger partial charge >= 0.3 is 0 Å². The maximum absolute atomic E-state index is 11.8. The fraction of sp³-hybridized carbons (Fsp3) is 0.292. The summed E-state index contributed by atoms with van der Waals surface area (Å²) in [7, 11) is 0. The zero-order valence-corrected chi connectivity index (χ0v) is 19.5. The molecule has 8 heteroatoms. The number of anilines is 2. The number of hydrogen-bond donors (Lipinski definition) is 2. The first kappa shape index (κ1) is 23.3. The van der Waals surface area contributed by atoms with Gasteiger partial charge in [0.2, 0.25) is 5.91 Å². The van der Waals surface area contributed by atoms with Crippen molar-refractivity contribution in [2.45, 2.75) is 20.8 Å². The van der Waals surface area contributed by atoms with Crippen LogP contribution in [0.3, 0.4) is 0 Å². The van der Waals surface area contributed by atoms with Gasteiger partial charge in [0.1, 0.15) is 11.5 Å². The predicted octanol–water partition coefficient (Wildman–Crippen LogP) is 4.40. The minimum absolute atomic E-state index is 0.0417. The summed E-state index contributed by atoms with van der Waals surface area (Å²) in [4.78, 5) is 20.4. The first-order chi connectivity index (χ1) is 15.4. The Hall–Kier alpha value is -3.32. The van der Waals surface area contributed by atoms with Crippen molar-refractivity contribution in [3.05, 3.63) is 59.4 Å². The number of carbonyl (C=O) groups excluding carboxylic acids is 1. The number of nitrogens with one attached hydrogen (secondary N) is 1. The number of imidazole rings is 1. The van der Waals surface area contributed by atoms with Gasteiger partial charge < -0.3 is 20.9 Å². The number of nitrogens with two attached hydrogens (primary N) is 1. The number of aromatic nitrogens is 2. The van der Waals surface area contributed by atoms with Gasteiger partial charge in [0.15, 0.2) is 0 Å². The molecule has 3 aromatic rings. The zero-order valence-electron chi connectivity index (χ0n) is 18.7. The lowest BCUT2D eigenvalue weighted by Gasteiger charge is -2.35. The minimum atomic E-state index is -0.0417. The maximum atomic E-state index is 11.8. The summed E-state index contributed by atoms with van der Waals surface area (Å²) in [6.45, 7) is 12.2. The molecule has 1 aromatic carbocycles. The minimum Gasteiger partial charge on any atom is -0.398 e. The van der Waals surface area contributed by atoms with Crippen LogP contribution in [0.2, 0.25) is 5.02 Å². The van der Waals surface area contributed by atoms with Crippen LogP contribution in [-0.2, 0) is 4.79 Å². The molecule has 0 bridgehead atoms. The second-order valence-electron chi connectivity index (χ2n) is 7.30. The van der Waals surface area contributed by atoms with Gasteiger partial charge in [0, 0.05) is 55.4 Å². The third-order valence-electron chi connectivity index (χ3n) is 5.57. The molecule has 3 heterocycles. The summed E-state index contributed by atoms with van der Waals surface area (Å²) in [5.41, 5.74) is 10.7. The van der Waals surface area contributed by atoms with Crippen molar-refractivity contribution in [3.63, 3.8) is 0 Å². The van der Waals surface area contributed by atoms with Crippen LogP contribution < -0.4 is 10.6 Å². The van der Waals surface area contributed by atoms with Crippen LogP contribution >= 0.6 is 11.6 Å². The van der Waals surface area contributed by atoms with Crippen molar-refractivity contribution < 1.29 is 4.79 Å². The standard InChI is InChI=1S/C22H23ClN6O.C2H6/c1-3-21(30)28-8-6-27(7-9-28)20-12-26-19-10-15(17(23)13-29(19)20)22-14(2)4-5-18(25)16(22)11-24;1-2/h3-5,10-13,24H,1,6-9,25H2,2H3;1-2H3. The number of benzene rings is 1. The van der Waals surface area contributed by atoms with E-state index in [0.717, 1.165) is 28.2 Å². The molecule has 7 nitrogen and oxygen atoms in total. The molecule has 1 aliphatic heterocycles. The van der Waals surface area contributed by atoms with Gasteiger partial charge in [0.25, 0.3) is 0 Å². The number of halogens is 1. The van der Waals surface area contributed by atoms with Crippen LogP contribution in [0.1, 0.15) is 25.0 Å². The summed E-state index contributed by atoms with van der Waals surface area (Å²) in [5, 5.41) is 8.35. The van der Waals surface area contributed by atoms with Crippen LogP contribution in [0.5, 0.6) is 0 Å². The molecule has 0 atom stereocenters. The largest absolute Gasteiger partial charge is 0.398 e. The van der Waals surface area contributed by atoms with Gasteiger partial charge in [-0.3, -0.25) is 9.20 Å². The molecular formula is C24H29ClN6O. The van der Waals surface area contributed by atoms with Crippen molar-refractivity contribution in [1.29, 1.82) is 5.41 Å². The monoisotopic (exact) mass is 452 g/mol. The molecule has 4 rings (SSSR count). The molecule has 0 spiro atoms. The molecule has 3 N–H and O–H groups in total. The molecule has 0 aliphatic carbocycles. The second kappa shape index (κ2) is 9.87. The number of carbonyl (C=O) groups is 1. The summed E-state index contributed by atoms with van der Waals surface area (Å²) in [6.07, 6.45) is 6.29. The van der Waals surface area contributed by atoms with Gasteiger partial charge in [-0.25, -0.2) is 4.98 Å². The summed E-state index contributed by atoms with van der Waals surface area (Å²) >= 11 is 6.70. The Bertz CT molecular complexity index is 1160. The Kier molecular flexibility index (Phi) is 7.20. The van der Waals surface area contributed by atoms with E-state index in [1.807, 2.05) is 49.7 Å². The lowest BCUT2D eigenvalue weighted by Crippen LogP contribution is -2.48. The van der Waals surface area contributed by atoms with E-state index in [-0.39, 0.29) is 5.91 Å². The number of hydrogen-bond acceptors (Lipinski definition) is 5. The molecule has 0 saturated carbocycles. The normalized spacial score (nSPS) is 13.5. The lowest BCUT2D eigenvalue weighted by atomic mass is 9.94. The Morgan fingerprint density at radius 3 is 2.56 bits per heavy atom. The van der Waals surface area contributed by atoms with E-state index in [1.165, 1.54) is 12.3 Å². The van der Waals surface area contributed by atoms with Gasteiger partial charge in [-0.05, 0) is 36.3 Å².